The third kappa shape index (κ3) is 2.79. The molecule has 0 spiro atoms. The van der Waals surface area contributed by atoms with Crippen LogP contribution in [0.1, 0.15) is 17.7 Å². The van der Waals surface area contributed by atoms with Crippen molar-refractivity contribution >= 4 is 5.95 Å². The van der Waals surface area contributed by atoms with Gasteiger partial charge in [-0.25, -0.2) is 18.7 Å². The standard InChI is InChI=1S/C17H18F2N4/c1-11-2-3-20-17(21-11)22-9-15-7-16(10-22)23(15)8-12-4-13(18)6-14(19)5-12/h2-6,15-16H,7-10H2,1H3. The highest BCUT2D eigenvalue weighted by atomic mass is 19.1. The van der Waals surface area contributed by atoms with Crippen molar-refractivity contribution in [2.75, 3.05) is 18.0 Å². The summed E-state index contributed by atoms with van der Waals surface area (Å²) in [6, 6.07) is 6.42. The first kappa shape index (κ1) is 14.5. The van der Waals surface area contributed by atoms with Crippen molar-refractivity contribution in [1.29, 1.82) is 0 Å². The van der Waals surface area contributed by atoms with Crippen LogP contribution in [0, 0.1) is 18.6 Å². The summed E-state index contributed by atoms with van der Waals surface area (Å²) in [5, 5.41) is 0. The minimum atomic E-state index is -0.513. The van der Waals surface area contributed by atoms with Crippen molar-refractivity contribution in [3.8, 4) is 0 Å². The summed E-state index contributed by atoms with van der Waals surface area (Å²) in [7, 11) is 0. The number of hydrogen-bond acceptors (Lipinski definition) is 4. The van der Waals surface area contributed by atoms with E-state index in [0.717, 1.165) is 37.2 Å². The first-order valence-electron chi connectivity index (χ1n) is 7.84. The SMILES string of the molecule is Cc1ccnc(N2CC3CC(C2)N3Cc2cc(F)cc(F)c2)n1. The average Bonchev–Trinajstić information content (AvgIpc) is 2.52. The van der Waals surface area contributed by atoms with E-state index < -0.39 is 11.6 Å². The molecule has 0 aliphatic carbocycles. The molecule has 3 aliphatic heterocycles. The summed E-state index contributed by atoms with van der Waals surface area (Å²) in [6.45, 7) is 4.27. The van der Waals surface area contributed by atoms with E-state index in [1.54, 1.807) is 6.20 Å². The van der Waals surface area contributed by atoms with Crippen molar-refractivity contribution in [1.82, 2.24) is 14.9 Å². The number of benzene rings is 1. The van der Waals surface area contributed by atoms with Gasteiger partial charge in [0.05, 0.1) is 0 Å². The maximum Gasteiger partial charge on any atom is 0.225 e. The van der Waals surface area contributed by atoms with E-state index in [-0.39, 0.29) is 0 Å². The van der Waals surface area contributed by atoms with E-state index in [2.05, 4.69) is 19.8 Å². The van der Waals surface area contributed by atoms with Crippen LogP contribution >= 0.6 is 0 Å². The van der Waals surface area contributed by atoms with Crippen LogP contribution in [0.3, 0.4) is 0 Å². The fraction of sp³-hybridized carbons (Fsp3) is 0.412. The second kappa shape index (κ2) is 5.53. The second-order valence-corrected chi connectivity index (χ2v) is 6.40. The van der Waals surface area contributed by atoms with E-state index in [4.69, 9.17) is 0 Å². The van der Waals surface area contributed by atoms with E-state index >= 15 is 0 Å². The number of piperidine rings is 1. The molecule has 0 N–H and O–H groups in total. The summed E-state index contributed by atoms with van der Waals surface area (Å²) in [5.74, 6) is -0.253. The summed E-state index contributed by atoms with van der Waals surface area (Å²) in [6.07, 6.45) is 2.91. The molecular weight excluding hydrogens is 298 g/mol. The highest BCUT2D eigenvalue weighted by molar-refractivity contribution is 5.34. The van der Waals surface area contributed by atoms with Gasteiger partial charge in [0.15, 0.2) is 0 Å². The molecule has 0 saturated carbocycles. The highest BCUT2D eigenvalue weighted by Gasteiger charge is 2.45. The zero-order valence-corrected chi connectivity index (χ0v) is 12.9. The summed E-state index contributed by atoms with van der Waals surface area (Å²) in [5.41, 5.74) is 1.65. The molecule has 2 unspecified atom stereocenters. The van der Waals surface area contributed by atoms with E-state index in [1.807, 2.05) is 13.0 Å². The van der Waals surface area contributed by atoms with Crippen LogP contribution in [0.5, 0.6) is 0 Å². The maximum absolute atomic E-state index is 13.3. The van der Waals surface area contributed by atoms with Gasteiger partial charge in [-0.2, -0.15) is 0 Å². The van der Waals surface area contributed by atoms with Gasteiger partial charge in [0.2, 0.25) is 5.95 Å². The smallest absolute Gasteiger partial charge is 0.225 e. The summed E-state index contributed by atoms with van der Waals surface area (Å²) >= 11 is 0. The van der Waals surface area contributed by atoms with Crippen molar-refractivity contribution < 1.29 is 8.78 Å². The molecule has 4 heterocycles. The number of piperazine rings is 1. The molecule has 4 nitrogen and oxygen atoms in total. The predicted molar refractivity (Wildman–Crippen MR) is 83.1 cm³/mol. The quantitative estimate of drug-likeness (QED) is 0.871. The van der Waals surface area contributed by atoms with Crippen molar-refractivity contribution in [2.45, 2.75) is 32.0 Å². The molecule has 2 atom stereocenters. The van der Waals surface area contributed by atoms with E-state index in [1.165, 1.54) is 12.1 Å². The van der Waals surface area contributed by atoms with Gasteiger partial charge in [0.1, 0.15) is 11.6 Å². The van der Waals surface area contributed by atoms with Gasteiger partial charge in [0.25, 0.3) is 0 Å². The average molecular weight is 316 g/mol. The first-order chi connectivity index (χ1) is 11.1. The number of hydrogen-bond donors (Lipinski definition) is 0. The minimum Gasteiger partial charge on any atom is -0.338 e. The van der Waals surface area contributed by atoms with Gasteiger partial charge in [-0.05, 0) is 37.1 Å². The molecule has 3 saturated heterocycles. The molecule has 0 radical (unpaired) electrons. The molecule has 0 amide bonds. The van der Waals surface area contributed by atoms with Gasteiger partial charge in [0, 0.05) is 49.7 Å². The number of nitrogens with zero attached hydrogens (tertiary/aromatic N) is 4. The van der Waals surface area contributed by atoms with Crippen LogP contribution in [0.15, 0.2) is 30.5 Å². The van der Waals surface area contributed by atoms with Crippen molar-refractivity contribution in [2.24, 2.45) is 0 Å². The topological polar surface area (TPSA) is 32.3 Å². The zero-order valence-electron chi connectivity index (χ0n) is 12.9. The van der Waals surface area contributed by atoms with Crippen LogP contribution in [0.4, 0.5) is 14.7 Å². The normalized spacial score (nSPS) is 23.7. The summed E-state index contributed by atoms with van der Waals surface area (Å²) in [4.78, 5) is 13.4. The maximum atomic E-state index is 13.3. The van der Waals surface area contributed by atoms with Crippen LogP contribution in [0.25, 0.3) is 0 Å². The minimum absolute atomic E-state index is 0.393. The predicted octanol–water partition coefficient (Wildman–Crippen LogP) is 2.53. The van der Waals surface area contributed by atoms with Gasteiger partial charge >= 0.3 is 0 Å². The molecule has 6 heteroatoms. The Kier molecular flexibility index (Phi) is 3.49. The fourth-order valence-corrected chi connectivity index (χ4v) is 3.61. The largest absolute Gasteiger partial charge is 0.338 e. The molecule has 1 aromatic heterocycles. The lowest BCUT2D eigenvalue weighted by Crippen LogP contribution is -2.68. The van der Waals surface area contributed by atoms with Gasteiger partial charge in [-0.3, -0.25) is 4.90 Å². The third-order valence-electron chi connectivity index (χ3n) is 4.70. The molecule has 3 fully saturated rings. The zero-order chi connectivity index (χ0) is 16.0. The Morgan fingerprint density at radius 2 is 1.83 bits per heavy atom. The number of fused-ring (bicyclic) bond motifs is 2. The highest BCUT2D eigenvalue weighted by Crippen LogP contribution is 2.35. The van der Waals surface area contributed by atoms with Crippen molar-refractivity contribution in [3.05, 3.63) is 53.4 Å². The monoisotopic (exact) mass is 316 g/mol. The van der Waals surface area contributed by atoms with Crippen LogP contribution in [0.2, 0.25) is 0 Å². The summed E-state index contributed by atoms with van der Waals surface area (Å²) < 4.78 is 26.7. The molecule has 2 aromatic rings. The van der Waals surface area contributed by atoms with Gasteiger partial charge < -0.3 is 4.90 Å². The number of aromatic nitrogens is 2. The molecule has 23 heavy (non-hydrogen) atoms. The third-order valence-corrected chi connectivity index (χ3v) is 4.70. The number of rotatable bonds is 3. The number of aryl methyl sites for hydroxylation is 1. The molecule has 3 aliphatic rings. The number of halogens is 2. The molecular formula is C17H18F2N4. The lowest BCUT2D eigenvalue weighted by Gasteiger charge is -2.56. The van der Waals surface area contributed by atoms with Gasteiger partial charge in [-0.15, -0.1) is 0 Å². The Morgan fingerprint density at radius 1 is 1.13 bits per heavy atom. The Bertz CT molecular complexity index is 704. The second-order valence-electron chi connectivity index (χ2n) is 6.40. The number of anilines is 1. The fourth-order valence-electron chi connectivity index (χ4n) is 3.61. The Hall–Kier alpha value is -2.08. The molecule has 1 aromatic carbocycles. The molecule has 120 valence electrons. The van der Waals surface area contributed by atoms with Crippen LogP contribution in [-0.4, -0.2) is 40.0 Å². The van der Waals surface area contributed by atoms with Crippen LogP contribution < -0.4 is 4.90 Å². The van der Waals surface area contributed by atoms with Crippen molar-refractivity contribution in [3.63, 3.8) is 0 Å². The van der Waals surface area contributed by atoms with Crippen LogP contribution in [-0.2, 0) is 6.54 Å². The molecule has 2 bridgehead atoms. The lowest BCUT2D eigenvalue weighted by molar-refractivity contribution is -0.00909. The Labute approximate surface area is 133 Å². The first-order valence-corrected chi connectivity index (χ1v) is 7.84. The van der Waals surface area contributed by atoms with Gasteiger partial charge in [-0.1, -0.05) is 0 Å². The Balaban J connectivity index is 1.45. The molecule has 5 rings (SSSR count). The van der Waals surface area contributed by atoms with E-state index in [0.29, 0.717) is 24.2 Å². The van der Waals surface area contributed by atoms with E-state index in [9.17, 15) is 8.78 Å². The Morgan fingerprint density at radius 3 is 2.48 bits per heavy atom. The lowest BCUT2D eigenvalue weighted by atomic mass is 9.87.